The van der Waals surface area contributed by atoms with Crippen LogP contribution in [0.2, 0.25) is 10.0 Å². The van der Waals surface area contributed by atoms with E-state index in [-0.39, 0.29) is 43.8 Å². The molecule has 0 radical (unpaired) electrons. The van der Waals surface area contributed by atoms with Gasteiger partial charge in [-0.05, 0) is 30.4 Å². The van der Waals surface area contributed by atoms with Gasteiger partial charge in [-0.25, -0.2) is 0 Å². The van der Waals surface area contributed by atoms with Crippen LogP contribution in [0.15, 0.2) is 45.8 Å². The molecule has 132 valence electrons. The minimum atomic E-state index is -0.705. The first-order valence-electron chi connectivity index (χ1n) is 7.23. The molecular formula is C17H10Cl2N2O4S. The Morgan fingerprint density at radius 1 is 1.27 bits per heavy atom. The lowest BCUT2D eigenvalue weighted by molar-refractivity contribution is -0.128. The molecule has 1 aliphatic heterocycles. The molecule has 0 spiro atoms. The molecule has 2 heterocycles. The van der Waals surface area contributed by atoms with Crippen LogP contribution in [0.1, 0.15) is 5.56 Å². The fourth-order valence-corrected chi connectivity index (χ4v) is 3.21. The summed E-state index contributed by atoms with van der Waals surface area (Å²) < 4.78 is 5.38. The first-order valence-corrected chi connectivity index (χ1v) is 8.40. The lowest BCUT2D eigenvalue weighted by atomic mass is 10.1. The van der Waals surface area contributed by atoms with Gasteiger partial charge in [0, 0.05) is 11.6 Å². The number of hydrogen-bond donors (Lipinski definition) is 1. The molecule has 3 rings (SSSR count). The summed E-state index contributed by atoms with van der Waals surface area (Å²) in [6.07, 6.45) is 3.74. The number of amides is 2. The average molecular weight is 409 g/mol. The first-order chi connectivity index (χ1) is 12.3. The van der Waals surface area contributed by atoms with Crippen molar-refractivity contribution >= 4 is 69.4 Å². The van der Waals surface area contributed by atoms with Gasteiger partial charge in [0.1, 0.15) is 11.8 Å². The second kappa shape index (κ2) is 7.03. The molecule has 1 aromatic heterocycles. The topological polar surface area (TPSA) is 79.6 Å². The van der Waals surface area contributed by atoms with Crippen molar-refractivity contribution in [1.82, 2.24) is 10.2 Å². The molecule has 6 nitrogen and oxygen atoms in total. The van der Waals surface area contributed by atoms with Gasteiger partial charge in [-0.2, -0.15) is 0 Å². The van der Waals surface area contributed by atoms with E-state index in [9.17, 15) is 14.4 Å². The summed E-state index contributed by atoms with van der Waals surface area (Å²) in [5.74, 6) is -1.34. The van der Waals surface area contributed by atoms with Gasteiger partial charge in [-0.3, -0.25) is 24.6 Å². The number of carbonyl (C=O) groups excluding carboxylic acids is 2. The highest BCUT2D eigenvalue weighted by atomic mass is 35.5. The van der Waals surface area contributed by atoms with Crippen LogP contribution < -0.4 is 10.7 Å². The zero-order valence-electron chi connectivity index (χ0n) is 13.0. The van der Waals surface area contributed by atoms with E-state index in [0.717, 1.165) is 17.2 Å². The number of carbonyl (C=O) groups is 2. The highest BCUT2D eigenvalue weighted by Crippen LogP contribution is 2.26. The molecule has 1 aromatic carbocycles. The molecule has 1 saturated heterocycles. The van der Waals surface area contributed by atoms with Crippen molar-refractivity contribution in [1.29, 1.82) is 0 Å². The molecule has 0 atom stereocenters. The number of halogens is 2. The third-order valence-electron chi connectivity index (χ3n) is 3.62. The zero-order valence-corrected chi connectivity index (χ0v) is 15.4. The van der Waals surface area contributed by atoms with Crippen molar-refractivity contribution in [3.05, 3.63) is 62.5 Å². The van der Waals surface area contributed by atoms with Crippen molar-refractivity contribution in [2.45, 2.75) is 0 Å². The Hall–Kier alpha value is -2.48. The van der Waals surface area contributed by atoms with E-state index >= 15 is 0 Å². The van der Waals surface area contributed by atoms with Crippen LogP contribution in [0.4, 0.5) is 0 Å². The van der Waals surface area contributed by atoms with E-state index in [2.05, 4.69) is 11.9 Å². The first kappa shape index (κ1) is 18.3. The number of rotatable bonds is 3. The number of nitrogens with one attached hydrogen (secondary N) is 1. The number of benzene rings is 1. The molecule has 26 heavy (non-hydrogen) atoms. The lowest BCUT2D eigenvalue weighted by Gasteiger charge is -2.27. The largest absolute Gasteiger partial charge is 0.462 e. The molecular weight excluding hydrogens is 399 g/mol. The minimum Gasteiger partial charge on any atom is -0.462 e. The maximum atomic E-state index is 12.7. The normalized spacial score (nSPS) is 16.3. The van der Waals surface area contributed by atoms with E-state index in [1.165, 1.54) is 18.2 Å². The van der Waals surface area contributed by atoms with Crippen LogP contribution in [0.3, 0.4) is 0 Å². The van der Waals surface area contributed by atoms with Gasteiger partial charge in [-0.1, -0.05) is 29.3 Å². The van der Waals surface area contributed by atoms with Crippen molar-refractivity contribution < 1.29 is 14.0 Å². The molecule has 1 aliphatic rings. The maximum Gasteiger partial charge on any atom is 0.265 e. The standard InChI is InChI=1S/C17H10Cl2N2O4S/c1-2-3-21-16(24)11(15(23)20-17(21)26)4-8-7-25-14-10(13(8)22)5-9(18)6-12(14)19/h2,4-7H,1,3H2,(H,20,23,26)/b11-4+. The summed E-state index contributed by atoms with van der Waals surface area (Å²) in [5, 5.41) is 2.94. The van der Waals surface area contributed by atoms with Crippen molar-refractivity contribution in [2.75, 3.05) is 6.54 Å². The fourth-order valence-electron chi connectivity index (χ4n) is 2.42. The van der Waals surface area contributed by atoms with Gasteiger partial charge in [0.25, 0.3) is 11.8 Å². The van der Waals surface area contributed by atoms with E-state index in [1.807, 2.05) is 0 Å². The number of fused-ring (bicyclic) bond motifs is 1. The van der Waals surface area contributed by atoms with Crippen molar-refractivity contribution in [3.63, 3.8) is 0 Å². The van der Waals surface area contributed by atoms with Crippen LogP contribution >= 0.6 is 35.4 Å². The van der Waals surface area contributed by atoms with Gasteiger partial charge in [0.15, 0.2) is 16.1 Å². The summed E-state index contributed by atoms with van der Waals surface area (Å²) >= 11 is 16.9. The Morgan fingerprint density at radius 3 is 2.69 bits per heavy atom. The molecule has 1 N–H and O–H groups in total. The molecule has 2 amide bonds. The monoisotopic (exact) mass is 408 g/mol. The number of thiocarbonyl (C=S) groups is 1. The van der Waals surface area contributed by atoms with Gasteiger partial charge >= 0.3 is 0 Å². The van der Waals surface area contributed by atoms with E-state index < -0.39 is 17.2 Å². The van der Waals surface area contributed by atoms with Crippen LogP contribution in [0.25, 0.3) is 17.0 Å². The third-order valence-corrected chi connectivity index (χ3v) is 4.44. The highest BCUT2D eigenvalue weighted by Gasteiger charge is 2.32. The fraction of sp³-hybridized carbons (Fsp3) is 0.0588. The summed E-state index contributed by atoms with van der Waals surface area (Å²) in [6, 6.07) is 2.84. The SMILES string of the molecule is C=CCN1C(=O)/C(=C/c2coc3c(Cl)cc(Cl)cc3c2=O)C(=O)NC1=S. The Labute approximate surface area is 162 Å². The average Bonchev–Trinajstić information content (AvgIpc) is 2.57. The Balaban J connectivity index is 2.14. The summed E-state index contributed by atoms with van der Waals surface area (Å²) in [6.45, 7) is 3.66. The second-order valence-corrected chi connectivity index (χ2v) is 6.54. The zero-order chi connectivity index (χ0) is 19.0. The summed E-state index contributed by atoms with van der Waals surface area (Å²) in [7, 11) is 0. The molecule has 2 aromatic rings. The summed E-state index contributed by atoms with van der Waals surface area (Å²) in [4.78, 5) is 38.5. The van der Waals surface area contributed by atoms with Gasteiger partial charge in [-0.15, -0.1) is 6.58 Å². The molecule has 0 unspecified atom stereocenters. The minimum absolute atomic E-state index is 0.000653. The van der Waals surface area contributed by atoms with Crippen LogP contribution in [0, 0.1) is 0 Å². The predicted octanol–water partition coefficient (Wildman–Crippen LogP) is 2.91. The van der Waals surface area contributed by atoms with Crippen molar-refractivity contribution in [2.24, 2.45) is 0 Å². The third kappa shape index (κ3) is 3.16. The van der Waals surface area contributed by atoms with Crippen LogP contribution in [-0.2, 0) is 9.59 Å². The second-order valence-electron chi connectivity index (χ2n) is 5.31. The maximum absolute atomic E-state index is 12.7. The lowest BCUT2D eigenvalue weighted by Crippen LogP contribution is -2.53. The van der Waals surface area contributed by atoms with Crippen LogP contribution in [0.5, 0.6) is 0 Å². The van der Waals surface area contributed by atoms with E-state index in [0.29, 0.717) is 0 Å². The number of hydrogen-bond acceptors (Lipinski definition) is 5. The van der Waals surface area contributed by atoms with Gasteiger partial charge in [0.05, 0.1) is 16.0 Å². The molecule has 1 fully saturated rings. The van der Waals surface area contributed by atoms with Gasteiger partial charge in [0.2, 0.25) is 0 Å². The van der Waals surface area contributed by atoms with E-state index in [1.54, 1.807) is 0 Å². The summed E-state index contributed by atoms with van der Waals surface area (Å²) in [5.41, 5.74) is -0.565. The van der Waals surface area contributed by atoms with Crippen LogP contribution in [-0.4, -0.2) is 28.4 Å². The Bertz CT molecular complexity index is 1070. The number of nitrogens with zero attached hydrogens (tertiary/aromatic N) is 1. The smallest absolute Gasteiger partial charge is 0.265 e. The Kier molecular flexibility index (Phi) is 4.95. The molecule has 9 heteroatoms. The van der Waals surface area contributed by atoms with E-state index in [4.69, 9.17) is 39.8 Å². The quantitative estimate of drug-likeness (QED) is 0.365. The molecule has 0 bridgehead atoms. The van der Waals surface area contributed by atoms with Crippen molar-refractivity contribution in [3.8, 4) is 0 Å². The molecule has 0 saturated carbocycles. The van der Waals surface area contributed by atoms with Gasteiger partial charge < -0.3 is 4.42 Å². The molecule has 0 aliphatic carbocycles. The highest BCUT2D eigenvalue weighted by molar-refractivity contribution is 7.80. The predicted molar refractivity (Wildman–Crippen MR) is 103 cm³/mol. The Morgan fingerprint density at radius 2 is 2.00 bits per heavy atom.